The predicted octanol–water partition coefficient (Wildman–Crippen LogP) is 1.60. The molecule has 0 radical (unpaired) electrons. The number of carbonyl (C=O) groups is 1. The Morgan fingerprint density at radius 1 is 1.53 bits per heavy atom. The van der Waals surface area contributed by atoms with Crippen LogP contribution >= 0.6 is 11.6 Å². The summed E-state index contributed by atoms with van der Waals surface area (Å²) in [6.45, 7) is 1.84. The number of nitrogen functional groups attached to an aromatic ring is 1. The molecule has 17 heavy (non-hydrogen) atoms. The minimum Gasteiger partial charge on any atom is -0.366 e. The van der Waals surface area contributed by atoms with Crippen LogP contribution in [0.4, 0.5) is 11.6 Å². The van der Waals surface area contributed by atoms with Crippen molar-refractivity contribution in [3.8, 4) is 0 Å². The lowest BCUT2D eigenvalue weighted by Gasteiger charge is -2.08. The number of benzene rings is 1. The first-order valence-electron chi connectivity index (χ1n) is 4.82. The third-order valence-electron chi connectivity index (χ3n) is 2.18. The molecule has 0 fully saturated rings. The highest BCUT2D eigenvalue weighted by Crippen LogP contribution is 2.25. The average molecular weight is 252 g/mol. The largest absolute Gasteiger partial charge is 0.366 e. The maximum absolute atomic E-state index is 11.8. The SMILES string of the molecule is Cc1cccc(Cl)c1NC(=O)c1nc(N)n[nH]1. The molecular formula is C10H10ClN5O. The lowest BCUT2D eigenvalue weighted by Crippen LogP contribution is -2.15. The number of hydrogen-bond donors (Lipinski definition) is 3. The number of aromatic amines is 1. The Morgan fingerprint density at radius 3 is 2.88 bits per heavy atom. The molecule has 0 saturated carbocycles. The van der Waals surface area contributed by atoms with Gasteiger partial charge in [0.05, 0.1) is 10.7 Å². The summed E-state index contributed by atoms with van der Waals surface area (Å²) in [6.07, 6.45) is 0. The molecule has 1 amide bonds. The first-order chi connectivity index (χ1) is 8.08. The van der Waals surface area contributed by atoms with Crippen molar-refractivity contribution < 1.29 is 4.79 Å². The molecule has 0 aliphatic rings. The van der Waals surface area contributed by atoms with E-state index in [1.54, 1.807) is 12.1 Å². The van der Waals surface area contributed by atoms with Crippen molar-refractivity contribution in [2.75, 3.05) is 11.1 Å². The number of nitrogens with one attached hydrogen (secondary N) is 2. The summed E-state index contributed by atoms with van der Waals surface area (Å²) in [5.74, 6) is -0.377. The standard InChI is InChI=1S/C10H10ClN5O/c1-5-3-2-4-6(11)7(5)13-9(17)8-14-10(12)16-15-8/h2-4H,1H3,(H,13,17)(H3,12,14,15,16). The van der Waals surface area contributed by atoms with Gasteiger partial charge in [0.1, 0.15) is 0 Å². The quantitative estimate of drug-likeness (QED) is 0.755. The summed E-state index contributed by atoms with van der Waals surface area (Å²) >= 11 is 5.98. The summed E-state index contributed by atoms with van der Waals surface area (Å²) in [7, 11) is 0. The number of hydrogen-bond acceptors (Lipinski definition) is 4. The normalized spacial score (nSPS) is 10.2. The van der Waals surface area contributed by atoms with Crippen molar-refractivity contribution in [3.05, 3.63) is 34.6 Å². The molecule has 0 atom stereocenters. The average Bonchev–Trinajstić information content (AvgIpc) is 2.70. The molecule has 1 aromatic carbocycles. The predicted molar refractivity (Wildman–Crippen MR) is 64.9 cm³/mol. The number of nitrogens with zero attached hydrogens (tertiary/aromatic N) is 2. The van der Waals surface area contributed by atoms with Crippen molar-refractivity contribution in [1.82, 2.24) is 15.2 Å². The third kappa shape index (κ3) is 2.36. The zero-order chi connectivity index (χ0) is 12.4. The topological polar surface area (TPSA) is 96.7 Å². The van der Waals surface area contributed by atoms with Crippen molar-refractivity contribution in [1.29, 1.82) is 0 Å². The number of aromatic nitrogens is 3. The van der Waals surface area contributed by atoms with Crippen molar-refractivity contribution in [2.45, 2.75) is 6.92 Å². The number of aryl methyl sites for hydroxylation is 1. The summed E-state index contributed by atoms with van der Waals surface area (Å²) in [6, 6.07) is 5.34. The van der Waals surface area contributed by atoms with Crippen LogP contribution in [0.3, 0.4) is 0 Å². The molecule has 1 aromatic heterocycles. The van der Waals surface area contributed by atoms with Gasteiger partial charge < -0.3 is 11.1 Å². The molecular weight excluding hydrogens is 242 g/mol. The van der Waals surface area contributed by atoms with E-state index in [0.717, 1.165) is 5.56 Å². The third-order valence-corrected chi connectivity index (χ3v) is 2.49. The number of nitrogens with two attached hydrogens (primary N) is 1. The van der Waals surface area contributed by atoms with Crippen LogP contribution in [-0.4, -0.2) is 21.1 Å². The van der Waals surface area contributed by atoms with E-state index in [4.69, 9.17) is 17.3 Å². The Balaban J connectivity index is 2.24. The maximum Gasteiger partial charge on any atom is 0.293 e. The van der Waals surface area contributed by atoms with E-state index in [2.05, 4.69) is 20.5 Å². The molecule has 0 bridgehead atoms. The molecule has 1 heterocycles. The van der Waals surface area contributed by atoms with E-state index in [1.807, 2.05) is 13.0 Å². The van der Waals surface area contributed by atoms with E-state index < -0.39 is 5.91 Å². The van der Waals surface area contributed by atoms with Gasteiger partial charge in [0, 0.05) is 0 Å². The van der Waals surface area contributed by atoms with Crippen LogP contribution in [0.25, 0.3) is 0 Å². The Bertz CT molecular complexity index is 545. The molecule has 2 rings (SSSR count). The van der Waals surface area contributed by atoms with Crippen LogP contribution in [0.1, 0.15) is 16.2 Å². The van der Waals surface area contributed by atoms with Gasteiger partial charge in [0.2, 0.25) is 11.8 Å². The van der Waals surface area contributed by atoms with Gasteiger partial charge in [0.15, 0.2) is 0 Å². The van der Waals surface area contributed by atoms with Gasteiger partial charge in [0.25, 0.3) is 5.91 Å². The zero-order valence-electron chi connectivity index (χ0n) is 8.99. The second-order valence-corrected chi connectivity index (χ2v) is 3.84. The zero-order valence-corrected chi connectivity index (χ0v) is 9.75. The number of anilines is 2. The first-order valence-corrected chi connectivity index (χ1v) is 5.20. The van der Waals surface area contributed by atoms with Gasteiger partial charge in [-0.3, -0.25) is 9.89 Å². The van der Waals surface area contributed by atoms with E-state index in [0.29, 0.717) is 10.7 Å². The molecule has 0 spiro atoms. The van der Waals surface area contributed by atoms with Crippen LogP contribution in [0.2, 0.25) is 5.02 Å². The molecule has 0 aliphatic heterocycles. The summed E-state index contributed by atoms with van der Waals surface area (Å²) in [4.78, 5) is 15.5. The van der Waals surface area contributed by atoms with Crippen LogP contribution in [-0.2, 0) is 0 Å². The Labute approximate surface area is 102 Å². The Hall–Kier alpha value is -2.08. The molecule has 6 nitrogen and oxygen atoms in total. The molecule has 0 saturated heterocycles. The molecule has 4 N–H and O–H groups in total. The molecule has 0 aliphatic carbocycles. The van der Waals surface area contributed by atoms with Gasteiger partial charge in [-0.1, -0.05) is 23.7 Å². The smallest absolute Gasteiger partial charge is 0.293 e. The van der Waals surface area contributed by atoms with Crippen molar-refractivity contribution in [2.24, 2.45) is 0 Å². The van der Waals surface area contributed by atoms with E-state index in [1.165, 1.54) is 0 Å². The van der Waals surface area contributed by atoms with Crippen molar-refractivity contribution >= 4 is 29.1 Å². The monoisotopic (exact) mass is 251 g/mol. The summed E-state index contributed by atoms with van der Waals surface area (Å²) < 4.78 is 0. The van der Waals surface area contributed by atoms with Crippen LogP contribution < -0.4 is 11.1 Å². The van der Waals surface area contributed by atoms with E-state index in [9.17, 15) is 4.79 Å². The molecule has 7 heteroatoms. The minimum absolute atomic E-state index is 0.0195. The number of carbonyl (C=O) groups excluding carboxylic acids is 1. The van der Waals surface area contributed by atoms with Gasteiger partial charge in [-0.15, -0.1) is 5.10 Å². The van der Waals surface area contributed by atoms with Gasteiger partial charge in [-0.05, 0) is 18.6 Å². The first kappa shape index (κ1) is 11.4. The molecule has 2 aromatic rings. The number of para-hydroxylation sites is 1. The Kier molecular flexibility index (Phi) is 2.97. The lowest BCUT2D eigenvalue weighted by molar-refractivity contribution is 0.101. The van der Waals surface area contributed by atoms with E-state index in [-0.39, 0.29) is 11.8 Å². The Morgan fingerprint density at radius 2 is 2.29 bits per heavy atom. The van der Waals surface area contributed by atoms with Crippen LogP contribution in [0.15, 0.2) is 18.2 Å². The molecule has 88 valence electrons. The maximum atomic E-state index is 11.8. The number of rotatable bonds is 2. The van der Waals surface area contributed by atoms with Crippen molar-refractivity contribution in [3.63, 3.8) is 0 Å². The fraction of sp³-hybridized carbons (Fsp3) is 0.100. The van der Waals surface area contributed by atoms with Gasteiger partial charge in [-0.25, -0.2) is 0 Å². The van der Waals surface area contributed by atoms with Gasteiger partial charge >= 0.3 is 0 Å². The second kappa shape index (κ2) is 4.42. The lowest BCUT2D eigenvalue weighted by atomic mass is 10.2. The fourth-order valence-electron chi connectivity index (χ4n) is 1.34. The molecule has 0 unspecified atom stereocenters. The second-order valence-electron chi connectivity index (χ2n) is 3.43. The van der Waals surface area contributed by atoms with Crippen LogP contribution in [0.5, 0.6) is 0 Å². The fourth-order valence-corrected chi connectivity index (χ4v) is 1.61. The highest BCUT2D eigenvalue weighted by molar-refractivity contribution is 6.34. The van der Waals surface area contributed by atoms with E-state index >= 15 is 0 Å². The number of amides is 1. The van der Waals surface area contributed by atoms with Crippen LogP contribution in [0, 0.1) is 6.92 Å². The highest BCUT2D eigenvalue weighted by atomic mass is 35.5. The summed E-state index contributed by atoms with van der Waals surface area (Å²) in [5.41, 5.74) is 6.72. The van der Waals surface area contributed by atoms with Gasteiger partial charge in [-0.2, -0.15) is 4.98 Å². The minimum atomic E-state index is -0.439. The number of H-pyrrole nitrogens is 1. The summed E-state index contributed by atoms with van der Waals surface area (Å²) in [5, 5.41) is 9.11. The highest BCUT2D eigenvalue weighted by Gasteiger charge is 2.13. The number of halogens is 1.